The lowest BCUT2D eigenvalue weighted by atomic mass is 9.82. The molecule has 0 N–H and O–H groups in total. The Morgan fingerprint density at radius 2 is 1.96 bits per heavy atom. The number of ether oxygens (including phenoxy) is 2. The van der Waals surface area contributed by atoms with Crippen LogP contribution in [0.25, 0.3) is 0 Å². The van der Waals surface area contributed by atoms with E-state index in [1.807, 2.05) is 12.1 Å². The lowest BCUT2D eigenvalue weighted by molar-refractivity contribution is -0.136. The summed E-state index contributed by atoms with van der Waals surface area (Å²) in [7, 11) is 1.66. The van der Waals surface area contributed by atoms with Crippen molar-refractivity contribution in [3.05, 3.63) is 23.8 Å². The molecule has 2 aliphatic heterocycles. The molecule has 0 radical (unpaired) electrons. The summed E-state index contributed by atoms with van der Waals surface area (Å²) in [4.78, 5) is 15.2. The third-order valence-electron chi connectivity index (χ3n) is 6.97. The van der Waals surface area contributed by atoms with Crippen molar-refractivity contribution in [3.8, 4) is 11.5 Å². The van der Waals surface area contributed by atoms with Gasteiger partial charge in [-0.3, -0.25) is 4.79 Å². The highest BCUT2D eigenvalue weighted by atomic mass is 16.5. The first-order valence-corrected chi connectivity index (χ1v) is 9.32. The number of carbonyl (C=O) groups is 1. The molecule has 5 atom stereocenters. The second-order valence-corrected chi connectivity index (χ2v) is 8.06. The first-order valence-electron chi connectivity index (χ1n) is 9.32. The molecule has 1 aromatic carbocycles. The Morgan fingerprint density at radius 3 is 2.67 bits per heavy atom. The standard InChI is InChI=1S/C20H25NO3/c1-23-18-4-2-3-14-8-15(11-24-19(14)18)20(22)21-9-16-12-5-6-13(7-12)17(16)10-21/h2-4,12-13,15-17H,5-11H2,1H3/t12-,13+,15-,16-,17+/m1/s1. The van der Waals surface area contributed by atoms with Crippen molar-refractivity contribution >= 4 is 5.91 Å². The van der Waals surface area contributed by atoms with E-state index in [4.69, 9.17) is 9.47 Å². The predicted molar refractivity (Wildman–Crippen MR) is 90.1 cm³/mol. The smallest absolute Gasteiger partial charge is 0.229 e. The monoisotopic (exact) mass is 327 g/mol. The molecular weight excluding hydrogens is 302 g/mol. The highest BCUT2D eigenvalue weighted by Gasteiger charge is 2.52. The summed E-state index contributed by atoms with van der Waals surface area (Å²) in [5.74, 6) is 5.20. The van der Waals surface area contributed by atoms with Gasteiger partial charge in [0.2, 0.25) is 5.91 Å². The van der Waals surface area contributed by atoms with Crippen LogP contribution in [0.1, 0.15) is 24.8 Å². The summed E-state index contributed by atoms with van der Waals surface area (Å²) >= 11 is 0. The summed E-state index contributed by atoms with van der Waals surface area (Å²) in [5.41, 5.74) is 1.10. The number of methoxy groups -OCH3 is 1. The SMILES string of the molecule is COc1cccc2c1OC[C@H](C(=O)N1C[C@@H]3[C@@H]4CC[C@@H](C4)[C@@H]3C1)C2. The van der Waals surface area contributed by atoms with Crippen LogP contribution in [0, 0.1) is 29.6 Å². The first kappa shape index (κ1) is 14.6. The normalized spacial score (nSPS) is 36.2. The van der Waals surface area contributed by atoms with Gasteiger partial charge in [-0.25, -0.2) is 0 Å². The number of carbonyl (C=O) groups excluding carboxylic acids is 1. The average Bonchev–Trinajstić information content (AvgIpc) is 3.32. The maximum absolute atomic E-state index is 13.0. The van der Waals surface area contributed by atoms with Gasteiger partial charge in [0, 0.05) is 13.1 Å². The van der Waals surface area contributed by atoms with Crippen LogP contribution in [-0.4, -0.2) is 37.6 Å². The van der Waals surface area contributed by atoms with Gasteiger partial charge in [-0.15, -0.1) is 0 Å². The maximum Gasteiger partial charge on any atom is 0.229 e. The van der Waals surface area contributed by atoms with E-state index in [0.717, 1.165) is 60.2 Å². The Bertz CT molecular complexity index is 655. The number of rotatable bonds is 2. The molecule has 0 aromatic heterocycles. The molecule has 2 heterocycles. The number of benzene rings is 1. The molecule has 0 unspecified atom stereocenters. The number of fused-ring (bicyclic) bond motifs is 6. The molecule has 1 saturated heterocycles. The van der Waals surface area contributed by atoms with E-state index >= 15 is 0 Å². The average molecular weight is 327 g/mol. The molecule has 5 rings (SSSR count). The minimum Gasteiger partial charge on any atom is -0.493 e. The Labute approximate surface area is 143 Å². The van der Waals surface area contributed by atoms with Gasteiger partial charge in [-0.2, -0.15) is 0 Å². The van der Waals surface area contributed by atoms with Crippen molar-refractivity contribution in [1.82, 2.24) is 4.90 Å². The number of amides is 1. The minimum absolute atomic E-state index is 0.0407. The van der Waals surface area contributed by atoms with Crippen molar-refractivity contribution in [2.75, 3.05) is 26.8 Å². The number of likely N-dealkylation sites (tertiary alicyclic amines) is 1. The fourth-order valence-electron chi connectivity index (χ4n) is 5.83. The summed E-state index contributed by atoms with van der Waals surface area (Å²) in [6.45, 7) is 2.46. The molecule has 4 nitrogen and oxygen atoms in total. The topological polar surface area (TPSA) is 38.8 Å². The molecule has 128 valence electrons. The molecule has 4 aliphatic rings. The van der Waals surface area contributed by atoms with Crippen LogP contribution in [0.2, 0.25) is 0 Å². The van der Waals surface area contributed by atoms with E-state index in [0.29, 0.717) is 12.5 Å². The Kier molecular flexibility index (Phi) is 3.29. The molecule has 24 heavy (non-hydrogen) atoms. The summed E-state index contributed by atoms with van der Waals surface area (Å²) in [5, 5.41) is 0. The van der Waals surface area contributed by atoms with Gasteiger partial charge in [0.1, 0.15) is 6.61 Å². The molecule has 2 aliphatic carbocycles. The van der Waals surface area contributed by atoms with Gasteiger partial charge in [0.05, 0.1) is 13.0 Å². The van der Waals surface area contributed by atoms with Crippen LogP contribution in [-0.2, 0) is 11.2 Å². The summed E-state index contributed by atoms with van der Waals surface area (Å²) < 4.78 is 11.3. The van der Waals surface area contributed by atoms with Crippen molar-refractivity contribution < 1.29 is 14.3 Å². The van der Waals surface area contributed by atoms with Crippen LogP contribution in [0.3, 0.4) is 0 Å². The van der Waals surface area contributed by atoms with Crippen LogP contribution in [0.15, 0.2) is 18.2 Å². The van der Waals surface area contributed by atoms with Crippen molar-refractivity contribution in [3.63, 3.8) is 0 Å². The third-order valence-corrected chi connectivity index (χ3v) is 6.97. The van der Waals surface area contributed by atoms with Gasteiger partial charge >= 0.3 is 0 Å². The molecule has 3 fully saturated rings. The number of nitrogens with zero attached hydrogens (tertiary/aromatic N) is 1. The van der Waals surface area contributed by atoms with Crippen LogP contribution in [0.5, 0.6) is 11.5 Å². The predicted octanol–water partition coefficient (Wildman–Crippen LogP) is 2.75. The first-order chi connectivity index (χ1) is 11.7. The zero-order chi connectivity index (χ0) is 16.3. The third kappa shape index (κ3) is 2.08. The van der Waals surface area contributed by atoms with E-state index in [9.17, 15) is 4.79 Å². The fourth-order valence-corrected chi connectivity index (χ4v) is 5.83. The molecular formula is C20H25NO3. The quantitative estimate of drug-likeness (QED) is 0.838. The zero-order valence-electron chi connectivity index (χ0n) is 14.2. The second kappa shape index (κ2) is 5.40. The van der Waals surface area contributed by atoms with Crippen LogP contribution in [0.4, 0.5) is 0 Å². The lowest BCUT2D eigenvalue weighted by Crippen LogP contribution is -2.40. The van der Waals surface area contributed by atoms with Crippen molar-refractivity contribution in [2.45, 2.75) is 25.7 Å². The minimum atomic E-state index is -0.0407. The Balaban J connectivity index is 1.30. The van der Waals surface area contributed by atoms with Gasteiger partial charge in [-0.1, -0.05) is 12.1 Å². The molecule has 2 bridgehead atoms. The fraction of sp³-hybridized carbons (Fsp3) is 0.650. The van der Waals surface area contributed by atoms with E-state index < -0.39 is 0 Å². The second-order valence-electron chi connectivity index (χ2n) is 8.06. The highest BCUT2D eigenvalue weighted by molar-refractivity contribution is 5.80. The lowest BCUT2D eigenvalue weighted by Gasteiger charge is -2.29. The number of hydrogen-bond donors (Lipinski definition) is 0. The highest BCUT2D eigenvalue weighted by Crippen LogP contribution is 2.55. The molecule has 0 spiro atoms. The van der Waals surface area contributed by atoms with Crippen LogP contribution >= 0.6 is 0 Å². The summed E-state index contributed by atoms with van der Waals surface area (Å²) in [6, 6.07) is 5.94. The number of para-hydroxylation sites is 1. The molecule has 4 heteroatoms. The van der Waals surface area contributed by atoms with E-state index in [-0.39, 0.29) is 5.92 Å². The van der Waals surface area contributed by atoms with E-state index in [1.54, 1.807) is 7.11 Å². The molecule has 2 saturated carbocycles. The maximum atomic E-state index is 13.0. The van der Waals surface area contributed by atoms with E-state index in [1.165, 1.54) is 19.3 Å². The largest absolute Gasteiger partial charge is 0.493 e. The van der Waals surface area contributed by atoms with Gasteiger partial charge in [0.15, 0.2) is 11.5 Å². The van der Waals surface area contributed by atoms with Crippen LogP contribution < -0.4 is 9.47 Å². The van der Waals surface area contributed by atoms with E-state index in [2.05, 4.69) is 11.0 Å². The summed E-state index contributed by atoms with van der Waals surface area (Å²) in [6.07, 6.45) is 4.99. The van der Waals surface area contributed by atoms with Gasteiger partial charge in [0.25, 0.3) is 0 Å². The molecule has 1 aromatic rings. The Morgan fingerprint density at radius 1 is 1.21 bits per heavy atom. The van der Waals surface area contributed by atoms with Crippen molar-refractivity contribution in [1.29, 1.82) is 0 Å². The zero-order valence-corrected chi connectivity index (χ0v) is 14.2. The van der Waals surface area contributed by atoms with Gasteiger partial charge in [-0.05, 0) is 61.0 Å². The number of hydrogen-bond acceptors (Lipinski definition) is 3. The van der Waals surface area contributed by atoms with Gasteiger partial charge < -0.3 is 14.4 Å². The Hall–Kier alpha value is -1.71. The molecule has 1 amide bonds. The van der Waals surface area contributed by atoms with Crippen molar-refractivity contribution in [2.24, 2.45) is 29.6 Å².